The molecule has 0 bridgehead atoms. The van der Waals surface area contributed by atoms with Gasteiger partial charge in [0, 0.05) is 0 Å². The molecule has 0 spiro atoms. The first-order valence-corrected chi connectivity index (χ1v) is 5.90. The highest BCUT2D eigenvalue weighted by molar-refractivity contribution is 6.32. The van der Waals surface area contributed by atoms with Crippen LogP contribution in [0.1, 0.15) is 16.1 Å². The average Bonchev–Trinajstić information content (AvgIpc) is 2.78. The number of rotatable bonds is 4. The molecule has 0 aliphatic carbocycles. The van der Waals surface area contributed by atoms with Gasteiger partial charge in [-0.3, -0.25) is 5.32 Å². The van der Waals surface area contributed by atoms with Crippen LogP contribution in [-0.2, 0) is 11.3 Å². The molecule has 1 amide bonds. The van der Waals surface area contributed by atoms with Crippen molar-refractivity contribution in [2.24, 2.45) is 0 Å². The number of halogens is 1. The van der Waals surface area contributed by atoms with Gasteiger partial charge in [-0.15, -0.1) is 0 Å². The first-order valence-electron chi connectivity index (χ1n) is 5.53. The Morgan fingerprint density at radius 2 is 2.05 bits per heavy atom. The first kappa shape index (κ1) is 13.9. The van der Waals surface area contributed by atoms with Gasteiger partial charge in [-0.1, -0.05) is 41.9 Å². The molecule has 0 aliphatic rings. The Hall–Kier alpha value is -2.54. The third-order valence-electron chi connectivity index (χ3n) is 2.30. The summed E-state index contributed by atoms with van der Waals surface area (Å²) in [5.74, 6) is -1.39. The topological polar surface area (TPSA) is 104 Å². The van der Waals surface area contributed by atoms with E-state index in [1.165, 1.54) is 0 Å². The fourth-order valence-corrected chi connectivity index (χ4v) is 1.62. The highest BCUT2D eigenvalue weighted by atomic mass is 35.5. The lowest BCUT2D eigenvalue weighted by molar-refractivity contribution is 0.0691. The van der Waals surface area contributed by atoms with Crippen molar-refractivity contribution in [3.63, 3.8) is 0 Å². The summed E-state index contributed by atoms with van der Waals surface area (Å²) in [6.45, 7) is 0.0902. The molecule has 0 fully saturated rings. The zero-order valence-electron chi connectivity index (χ0n) is 10.1. The number of hydrogen-bond acceptors (Lipinski definition) is 4. The van der Waals surface area contributed by atoms with E-state index in [1.807, 2.05) is 18.2 Å². The van der Waals surface area contributed by atoms with Crippen LogP contribution in [0.5, 0.6) is 0 Å². The van der Waals surface area contributed by atoms with E-state index in [0.29, 0.717) is 0 Å². The van der Waals surface area contributed by atoms with Gasteiger partial charge in [-0.25, -0.2) is 14.6 Å². The van der Waals surface area contributed by atoms with Crippen molar-refractivity contribution in [1.29, 1.82) is 0 Å². The molecule has 1 aromatic heterocycles. The minimum Gasteiger partial charge on any atom is -0.476 e. The van der Waals surface area contributed by atoms with Gasteiger partial charge in [-0.2, -0.15) is 0 Å². The third-order valence-corrected chi connectivity index (χ3v) is 2.57. The number of carboxylic acids is 1. The maximum absolute atomic E-state index is 11.5. The maximum Gasteiger partial charge on any atom is 0.414 e. The summed E-state index contributed by atoms with van der Waals surface area (Å²) in [6, 6.07) is 9.10. The molecule has 2 rings (SSSR count). The number of aromatic amines is 1. The zero-order chi connectivity index (χ0) is 14.5. The highest BCUT2D eigenvalue weighted by Crippen LogP contribution is 2.15. The number of benzene rings is 1. The molecule has 1 heterocycles. The largest absolute Gasteiger partial charge is 0.476 e. The predicted octanol–water partition coefficient (Wildman–Crippen LogP) is 2.51. The summed E-state index contributed by atoms with van der Waals surface area (Å²) in [4.78, 5) is 28.2. The molecule has 0 saturated carbocycles. The number of hydrogen-bond donors (Lipinski definition) is 3. The first-order chi connectivity index (χ1) is 9.56. The number of carbonyl (C=O) groups excluding carboxylic acids is 1. The normalized spacial score (nSPS) is 10.1. The number of nitrogens with one attached hydrogen (secondary N) is 2. The third kappa shape index (κ3) is 3.48. The lowest BCUT2D eigenvalue weighted by atomic mass is 10.2. The smallest absolute Gasteiger partial charge is 0.414 e. The number of imidazole rings is 1. The summed E-state index contributed by atoms with van der Waals surface area (Å²) < 4.78 is 4.94. The number of nitrogens with zero attached hydrogens (tertiary/aromatic N) is 1. The van der Waals surface area contributed by atoms with Crippen molar-refractivity contribution in [2.45, 2.75) is 6.61 Å². The van der Waals surface area contributed by atoms with E-state index in [4.69, 9.17) is 21.4 Å². The lowest BCUT2D eigenvalue weighted by Crippen LogP contribution is -2.14. The number of aromatic carboxylic acids is 1. The van der Waals surface area contributed by atoms with Gasteiger partial charge in [0.15, 0.2) is 5.69 Å². The van der Waals surface area contributed by atoms with E-state index >= 15 is 0 Å². The Bertz CT molecular complexity index is 627. The molecular weight excluding hydrogens is 286 g/mol. The molecule has 3 N–H and O–H groups in total. The van der Waals surface area contributed by atoms with Crippen molar-refractivity contribution in [3.8, 4) is 0 Å². The summed E-state index contributed by atoms with van der Waals surface area (Å²) in [6.07, 6.45) is -0.767. The van der Waals surface area contributed by atoms with E-state index in [0.717, 1.165) is 5.56 Å². The number of carbonyl (C=O) groups is 2. The van der Waals surface area contributed by atoms with Crippen LogP contribution in [0.4, 0.5) is 10.7 Å². The van der Waals surface area contributed by atoms with Gasteiger partial charge in [0.1, 0.15) is 11.8 Å². The Balaban J connectivity index is 1.92. The van der Waals surface area contributed by atoms with Crippen LogP contribution in [0, 0.1) is 0 Å². The maximum atomic E-state index is 11.5. The van der Waals surface area contributed by atoms with Gasteiger partial charge in [-0.05, 0) is 5.56 Å². The number of ether oxygens (including phenoxy) is 1. The van der Waals surface area contributed by atoms with Gasteiger partial charge in [0.25, 0.3) is 0 Å². The number of carboxylic acid groups (broad SMARTS) is 1. The monoisotopic (exact) mass is 295 g/mol. The standard InChI is InChI=1S/C12H10ClN3O4/c13-9-8(10(17)18)14-11(15-9)16-12(19)20-6-7-4-2-1-3-5-7/h1-5H,6H2,(H,17,18)(H2,14,15,16,19). The Kier molecular flexibility index (Phi) is 4.21. The molecule has 7 nitrogen and oxygen atoms in total. The summed E-state index contributed by atoms with van der Waals surface area (Å²) in [7, 11) is 0. The van der Waals surface area contributed by atoms with E-state index in [-0.39, 0.29) is 23.4 Å². The summed E-state index contributed by atoms with van der Waals surface area (Å²) >= 11 is 5.61. The molecule has 0 aliphatic heterocycles. The minimum atomic E-state index is -1.29. The van der Waals surface area contributed by atoms with Gasteiger partial charge in [0.2, 0.25) is 5.95 Å². The number of aromatic nitrogens is 2. The quantitative estimate of drug-likeness (QED) is 0.804. The van der Waals surface area contributed by atoms with Crippen LogP contribution in [0.3, 0.4) is 0 Å². The van der Waals surface area contributed by atoms with Crippen molar-refractivity contribution in [2.75, 3.05) is 5.32 Å². The van der Waals surface area contributed by atoms with E-state index in [2.05, 4.69) is 15.3 Å². The SMILES string of the molecule is O=C(Nc1nc(C(=O)O)c(Cl)[nH]1)OCc1ccccc1. The second kappa shape index (κ2) is 6.07. The summed E-state index contributed by atoms with van der Waals surface area (Å²) in [5.41, 5.74) is 0.455. The fraction of sp³-hybridized carbons (Fsp3) is 0.0833. The zero-order valence-corrected chi connectivity index (χ0v) is 10.8. The Morgan fingerprint density at radius 1 is 1.35 bits per heavy atom. The molecule has 20 heavy (non-hydrogen) atoms. The molecule has 2 aromatic rings. The van der Waals surface area contributed by atoms with Gasteiger partial charge in [0.05, 0.1) is 0 Å². The van der Waals surface area contributed by atoms with Crippen LogP contribution in [0.2, 0.25) is 5.15 Å². The molecule has 0 radical (unpaired) electrons. The van der Waals surface area contributed by atoms with Crippen LogP contribution >= 0.6 is 11.6 Å². The van der Waals surface area contributed by atoms with Crippen LogP contribution < -0.4 is 5.32 Å². The van der Waals surface area contributed by atoms with Gasteiger partial charge < -0.3 is 14.8 Å². The van der Waals surface area contributed by atoms with Crippen molar-refractivity contribution < 1.29 is 19.4 Å². The van der Waals surface area contributed by atoms with Crippen LogP contribution in [-0.4, -0.2) is 27.1 Å². The number of amides is 1. The molecule has 104 valence electrons. The second-order valence-electron chi connectivity index (χ2n) is 3.74. The molecular formula is C12H10ClN3O4. The van der Waals surface area contributed by atoms with Crippen molar-refractivity contribution in [3.05, 3.63) is 46.7 Å². The van der Waals surface area contributed by atoms with Crippen molar-refractivity contribution >= 4 is 29.6 Å². The second-order valence-corrected chi connectivity index (χ2v) is 4.12. The minimum absolute atomic E-state index is 0.0902. The van der Waals surface area contributed by atoms with E-state index < -0.39 is 12.1 Å². The number of anilines is 1. The molecule has 1 aromatic carbocycles. The van der Waals surface area contributed by atoms with Crippen LogP contribution in [0.25, 0.3) is 0 Å². The Morgan fingerprint density at radius 3 is 2.65 bits per heavy atom. The fourth-order valence-electron chi connectivity index (χ4n) is 1.41. The van der Waals surface area contributed by atoms with E-state index in [9.17, 15) is 9.59 Å². The Labute approximate surface area is 118 Å². The molecule has 0 atom stereocenters. The highest BCUT2D eigenvalue weighted by Gasteiger charge is 2.16. The summed E-state index contributed by atoms with van der Waals surface area (Å²) in [5, 5.41) is 10.8. The van der Waals surface area contributed by atoms with Crippen molar-refractivity contribution in [1.82, 2.24) is 9.97 Å². The molecule has 0 unspecified atom stereocenters. The lowest BCUT2D eigenvalue weighted by Gasteiger charge is -2.04. The average molecular weight is 296 g/mol. The number of H-pyrrole nitrogens is 1. The van der Waals surface area contributed by atoms with Crippen LogP contribution in [0.15, 0.2) is 30.3 Å². The molecule has 8 heteroatoms. The van der Waals surface area contributed by atoms with E-state index in [1.54, 1.807) is 12.1 Å². The predicted molar refractivity (Wildman–Crippen MR) is 70.8 cm³/mol. The molecule has 0 saturated heterocycles. The van der Waals surface area contributed by atoms with Gasteiger partial charge >= 0.3 is 12.1 Å².